The molecule has 0 bridgehead atoms. The lowest BCUT2D eigenvalue weighted by atomic mass is 10.3. The van der Waals surface area contributed by atoms with Gasteiger partial charge in [-0.3, -0.25) is 0 Å². The number of para-hydroxylation sites is 1. The molecule has 0 unspecified atom stereocenters. The molecule has 2 rings (SSSR count). The normalized spacial score (nSPS) is 9.94. The van der Waals surface area contributed by atoms with Gasteiger partial charge in [-0.15, -0.1) is 0 Å². The van der Waals surface area contributed by atoms with E-state index in [4.69, 9.17) is 9.26 Å². The zero-order valence-corrected chi connectivity index (χ0v) is 9.34. The van der Waals surface area contributed by atoms with Crippen LogP contribution in [0.5, 0.6) is 5.75 Å². The minimum absolute atomic E-state index is 0.281. The summed E-state index contributed by atoms with van der Waals surface area (Å²) in [4.78, 5) is 11.4. The molecule has 0 radical (unpaired) electrons. The van der Waals surface area contributed by atoms with Gasteiger partial charge < -0.3 is 14.6 Å². The van der Waals surface area contributed by atoms with Crippen LogP contribution in [0.25, 0.3) is 0 Å². The number of carbonyl (C=O) groups excluding carboxylic acids is 1. The molecule has 0 saturated heterocycles. The number of hydrogen-bond donors (Lipinski definition) is 1. The van der Waals surface area contributed by atoms with Gasteiger partial charge in [0.25, 0.3) is 0 Å². The Balaban J connectivity index is 1.82. The molecular weight excluding hydrogens is 220 g/mol. The van der Waals surface area contributed by atoms with Crippen LogP contribution in [-0.2, 0) is 6.54 Å². The molecule has 0 atom stereocenters. The summed E-state index contributed by atoms with van der Waals surface area (Å²) < 4.78 is 9.91. The van der Waals surface area contributed by atoms with Crippen LogP contribution in [0.2, 0.25) is 0 Å². The van der Waals surface area contributed by atoms with E-state index in [0.29, 0.717) is 17.2 Å². The van der Waals surface area contributed by atoms with Gasteiger partial charge in [0, 0.05) is 6.07 Å². The molecular formula is C12H12N2O3. The quantitative estimate of drug-likeness (QED) is 0.881. The molecule has 1 amide bonds. The van der Waals surface area contributed by atoms with Gasteiger partial charge in [-0.25, -0.2) is 4.79 Å². The lowest BCUT2D eigenvalue weighted by Gasteiger charge is -2.04. The molecule has 2 aromatic rings. The fraction of sp³-hybridized carbons (Fsp3) is 0.167. The number of amides is 1. The molecule has 88 valence electrons. The summed E-state index contributed by atoms with van der Waals surface area (Å²) in [6.07, 6.45) is -0.517. The average molecular weight is 232 g/mol. The van der Waals surface area contributed by atoms with Gasteiger partial charge in [-0.2, -0.15) is 0 Å². The number of nitrogens with one attached hydrogen (secondary N) is 1. The second kappa shape index (κ2) is 5.16. The number of hydrogen-bond acceptors (Lipinski definition) is 4. The van der Waals surface area contributed by atoms with Crippen molar-refractivity contribution in [2.75, 3.05) is 0 Å². The van der Waals surface area contributed by atoms with Gasteiger partial charge in [0.2, 0.25) is 0 Å². The number of benzene rings is 1. The average Bonchev–Trinajstić information content (AvgIpc) is 2.74. The summed E-state index contributed by atoms with van der Waals surface area (Å²) in [5, 5.41) is 6.33. The highest BCUT2D eigenvalue weighted by Gasteiger charge is 2.05. The second-order valence-electron chi connectivity index (χ2n) is 3.49. The Morgan fingerprint density at radius 3 is 2.82 bits per heavy atom. The smallest absolute Gasteiger partial charge is 0.410 e. The first kappa shape index (κ1) is 11.2. The van der Waals surface area contributed by atoms with Gasteiger partial charge in [0.15, 0.2) is 0 Å². The summed E-state index contributed by atoms with van der Waals surface area (Å²) in [6, 6.07) is 10.6. The van der Waals surface area contributed by atoms with Gasteiger partial charge >= 0.3 is 6.09 Å². The molecule has 0 spiro atoms. The van der Waals surface area contributed by atoms with E-state index in [-0.39, 0.29) is 6.54 Å². The van der Waals surface area contributed by atoms with E-state index in [1.807, 2.05) is 6.07 Å². The maximum Gasteiger partial charge on any atom is 0.412 e. The predicted octanol–water partition coefficient (Wildman–Crippen LogP) is 2.27. The number of aryl methyl sites for hydroxylation is 1. The lowest BCUT2D eigenvalue weighted by molar-refractivity contribution is 0.199. The van der Waals surface area contributed by atoms with Crippen molar-refractivity contribution in [1.29, 1.82) is 0 Å². The van der Waals surface area contributed by atoms with E-state index < -0.39 is 6.09 Å². The summed E-state index contributed by atoms with van der Waals surface area (Å²) in [5.74, 6) is 1.21. The van der Waals surface area contributed by atoms with Crippen molar-refractivity contribution in [3.8, 4) is 5.75 Å². The number of carbonyl (C=O) groups is 1. The molecule has 1 aromatic carbocycles. The van der Waals surface area contributed by atoms with Crippen LogP contribution < -0.4 is 10.1 Å². The number of aromatic nitrogens is 1. The van der Waals surface area contributed by atoms with E-state index in [0.717, 1.165) is 0 Å². The zero-order valence-electron chi connectivity index (χ0n) is 9.34. The van der Waals surface area contributed by atoms with E-state index in [2.05, 4.69) is 10.5 Å². The molecule has 1 aromatic heterocycles. The largest absolute Gasteiger partial charge is 0.412 e. The monoisotopic (exact) mass is 232 g/mol. The Labute approximate surface area is 98.4 Å². The van der Waals surface area contributed by atoms with Gasteiger partial charge in [0.05, 0.1) is 6.54 Å². The topological polar surface area (TPSA) is 64.4 Å². The van der Waals surface area contributed by atoms with Crippen molar-refractivity contribution in [3.63, 3.8) is 0 Å². The highest BCUT2D eigenvalue weighted by atomic mass is 16.6. The van der Waals surface area contributed by atoms with Crippen molar-refractivity contribution in [2.45, 2.75) is 13.5 Å². The van der Waals surface area contributed by atoms with Gasteiger partial charge in [-0.05, 0) is 19.1 Å². The summed E-state index contributed by atoms with van der Waals surface area (Å²) in [5.41, 5.74) is 0.660. The first-order valence-electron chi connectivity index (χ1n) is 5.17. The fourth-order valence-electron chi connectivity index (χ4n) is 1.30. The van der Waals surface area contributed by atoms with E-state index >= 15 is 0 Å². The van der Waals surface area contributed by atoms with E-state index in [9.17, 15) is 4.79 Å². The van der Waals surface area contributed by atoms with Crippen LogP contribution in [0, 0.1) is 6.92 Å². The summed E-state index contributed by atoms with van der Waals surface area (Å²) in [6.45, 7) is 2.07. The Morgan fingerprint density at radius 1 is 1.41 bits per heavy atom. The Kier molecular flexibility index (Phi) is 3.40. The molecule has 17 heavy (non-hydrogen) atoms. The second-order valence-corrected chi connectivity index (χ2v) is 3.49. The van der Waals surface area contributed by atoms with Crippen molar-refractivity contribution in [3.05, 3.63) is 47.9 Å². The van der Waals surface area contributed by atoms with Crippen LogP contribution in [0.1, 0.15) is 11.5 Å². The van der Waals surface area contributed by atoms with Crippen LogP contribution in [0.3, 0.4) is 0 Å². The van der Waals surface area contributed by atoms with Crippen molar-refractivity contribution in [2.24, 2.45) is 0 Å². The summed E-state index contributed by atoms with van der Waals surface area (Å²) >= 11 is 0. The fourth-order valence-corrected chi connectivity index (χ4v) is 1.30. The molecule has 5 heteroatoms. The first-order chi connectivity index (χ1) is 8.24. The third-order valence-electron chi connectivity index (χ3n) is 2.04. The predicted molar refractivity (Wildman–Crippen MR) is 60.5 cm³/mol. The zero-order chi connectivity index (χ0) is 12.1. The molecule has 0 fully saturated rings. The van der Waals surface area contributed by atoms with Crippen LogP contribution >= 0.6 is 0 Å². The van der Waals surface area contributed by atoms with Crippen molar-refractivity contribution >= 4 is 6.09 Å². The highest BCUT2D eigenvalue weighted by Crippen LogP contribution is 2.08. The van der Waals surface area contributed by atoms with E-state index in [1.165, 1.54) is 0 Å². The third kappa shape index (κ3) is 3.34. The van der Waals surface area contributed by atoms with Crippen LogP contribution in [0.4, 0.5) is 4.79 Å². The minimum Gasteiger partial charge on any atom is -0.410 e. The molecule has 1 N–H and O–H groups in total. The van der Waals surface area contributed by atoms with Crippen molar-refractivity contribution < 1.29 is 14.1 Å². The standard InChI is InChI=1S/C12H12N2O3/c1-9-7-10(14-17-9)8-13-12(15)16-11-5-3-2-4-6-11/h2-7H,8H2,1H3,(H,13,15). The van der Waals surface area contributed by atoms with Crippen LogP contribution in [-0.4, -0.2) is 11.2 Å². The van der Waals surface area contributed by atoms with Crippen molar-refractivity contribution in [1.82, 2.24) is 10.5 Å². The number of ether oxygens (including phenoxy) is 1. The molecule has 0 saturated carbocycles. The number of nitrogens with zero attached hydrogens (tertiary/aromatic N) is 1. The van der Waals surface area contributed by atoms with Crippen LogP contribution in [0.15, 0.2) is 40.9 Å². The third-order valence-corrected chi connectivity index (χ3v) is 2.04. The minimum atomic E-state index is -0.517. The summed E-state index contributed by atoms with van der Waals surface area (Å²) in [7, 11) is 0. The Morgan fingerprint density at radius 2 is 2.18 bits per heavy atom. The SMILES string of the molecule is Cc1cc(CNC(=O)Oc2ccccc2)no1. The van der Waals surface area contributed by atoms with E-state index in [1.54, 1.807) is 37.3 Å². The molecule has 1 heterocycles. The molecule has 0 aliphatic heterocycles. The number of rotatable bonds is 3. The van der Waals surface area contributed by atoms with Gasteiger partial charge in [0.1, 0.15) is 17.2 Å². The molecule has 5 nitrogen and oxygen atoms in total. The maximum atomic E-state index is 11.4. The first-order valence-corrected chi connectivity index (χ1v) is 5.17. The lowest BCUT2D eigenvalue weighted by Crippen LogP contribution is -2.26. The van der Waals surface area contributed by atoms with Gasteiger partial charge in [-0.1, -0.05) is 23.4 Å². The Hall–Kier alpha value is -2.30. The highest BCUT2D eigenvalue weighted by molar-refractivity contribution is 5.70. The molecule has 0 aliphatic rings. The Bertz CT molecular complexity index is 493. The molecule has 0 aliphatic carbocycles. The maximum absolute atomic E-state index is 11.4.